The number of benzene rings is 1. The molecule has 142 valence electrons. The molecule has 2 saturated heterocycles. The number of carbonyl (C=O) groups is 1. The molecule has 0 bridgehead atoms. The first-order valence-corrected chi connectivity index (χ1v) is 9.86. The number of pyridine rings is 1. The standard InChI is InChI=1S/C21H21N5O2/c27-20(15-8-9-15)23-21-22-19-3-1-2-16(26(19)24-21)14-6-4-13(5-7-14)10-25-11-18-17(25)12-28-18/h1-7,15,17-18H,8-12H2,(H,23,24,27). The summed E-state index contributed by atoms with van der Waals surface area (Å²) < 4.78 is 7.27. The van der Waals surface area contributed by atoms with Crippen LogP contribution in [0.25, 0.3) is 16.9 Å². The van der Waals surface area contributed by atoms with Gasteiger partial charge < -0.3 is 4.74 Å². The van der Waals surface area contributed by atoms with Gasteiger partial charge in [-0.1, -0.05) is 30.3 Å². The van der Waals surface area contributed by atoms with Crippen molar-refractivity contribution in [1.29, 1.82) is 0 Å². The van der Waals surface area contributed by atoms with Crippen LogP contribution in [0.1, 0.15) is 18.4 Å². The first-order chi connectivity index (χ1) is 13.7. The quantitative estimate of drug-likeness (QED) is 0.741. The molecule has 4 heterocycles. The third kappa shape index (κ3) is 2.70. The summed E-state index contributed by atoms with van der Waals surface area (Å²) >= 11 is 0. The molecule has 2 aromatic heterocycles. The van der Waals surface area contributed by atoms with Gasteiger partial charge in [0.15, 0.2) is 5.65 Å². The van der Waals surface area contributed by atoms with Gasteiger partial charge in [0.2, 0.25) is 11.9 Å². The fourth-order valence-corrected chi connectivity index (χ4v) is 3.99. The highest BCUT2D eigenvalue weighted by Crippen LogP contribution is 2.32. The number of amides is 1. The summed E-state index contributed by atoms with van der Waals surface area (Å²) in [6, 6.07) is 15.1. The molecular weight excluding hydrogens is 354 g/mol. The lowest BCUT2D eigenvalue weighted by atomic mass is 9.94. The Hall–Kier alpha value is -2.77. The SMILES string of the molecule is O=C(Nc1nc2cccc(-c3ccc(CN4CC5OCC54)cc3)n2n1)C1CC1. The second-order valence-corrected chi connectivity index (χ2v) is 7.95. The van der Waals surface area contributed by atoms with Crippen molar-refractivity contribution in [3.63, 3.8) is 0 Å². The molecule has 0 radical (unpaired) electrons. The molecule has 3 aromatic rings. The van der Waals surface area contributed by atoms with Crippen molar-refractivity contribution in [1.82, 2.24) is 19.5 Å². The third-order valence-corrected chi connectivity index (χ3v) is 5.97. The number of hydrogen-bond acceptors (Lipinski definition) is 5. The Morgan fingerprint density at radius 3 is 2.71 bits per heavy atom. The normalized spacial score (nSPS) is 23.7. The minimum absolute atomic E-state index is 0.0203. The molecule has 2 aliphatic heterocycles. The number of aromatic nitrogens is 3. The molecule has 1 N–H and O–H groups in total. The number of carbonyl (C=O) groups excluding carboxylic acids is 1. The zero-order valence-electron chi connectivity index (χ0n) is 15.4. The van der Waals surface area contributed by atoms with Crippen LogP contribution in [0, 0.1) is 5.92 Å². The number of nitrogens with one attached hydrogen (secondary N) is 1. The Morgan fingerprint density at radius 1 is 1.18 bits per heavy atom. The highest BCUT2D eigenvalue weighted by atomic mass is 16.5. The van der Waals surface area contributed by atoms with Crippen LogP contribution in [0.4, 0.5) is 5.95 Å². The van der Waals surface area contributed by atoms with E-state index in [1.54, 1.807) is 4.52 Å². The second-order valence-electron chi connectivity index (χ2n) is 7.95. The van der Waals surface area contributed by atoms with Crippen LogP contribution in [-0.4, -0.2) is 50.7 Å². The maximum Gasteiger partial charge on any atom is 0.249 e. The van der Waals surface area contributed by atoms with Crippen LogP contribution in [-0.2, 0) is 16.1 Å². The molecule has 1 saturated carbocycles. The van der Waals surface area contributed by atoms with E-state index < -0.39 is 0 Å². The predicted octanol–water partition coefficient (Wildman–Crippen LogP) is 2.33. The minimum atomic E-state index is 0.0203. The average molecular weight is 375 g/mol. The number of ether oxygens (including phenoxy) is 1. The zero-order chi connectivity index (χ0) is 18.7. The van der Waals surface area contributed by atoms with E-state index in [0.29, 0.717) is 18.1 Å². The van der Waals surface area contributed by atoms with Gasteiger partial charge in [0.25, 0.3) is 0 Å². The first-order valence-electron chi connectivity index (χ1n) is 9.86. The molecule has 3 fully saturated rings. The van der Waals surface area contributed by atoms with Gasteiger partial charge >= 0.3 is 0 Å². The van der Waals surface area contributed by atoms with E-state index >= 15 is 0 Å². The monoisotopic (exact) mass is 375 g/mol. The highest BCUT2D eigenvalue weighted by molar-refractivity contribution is 5.92. The average Bonchev–Trinajstić information content (AvgIpc) is 3.46. The minimum Gasteiger partial charge on any atom is -0.373 e. The fourth-order valence-electron chi connectivity index (χ4n) is 3.99. The molecule has 2 unspecified atom stereocenters. The molecule has 2 atom stereocenters. The van der Waals surface area contributed by atoms with Crippen LogP contribution in [0.5, 0.6) is 0 Å². The summed E-state index contributed by atoms with van der Waals surface area (Å²) in [4.78, 5) is 18.9. The van der Waals surface area contributed by atoms with Crippen LogP contribution in [0.15, 0.2) is 42.5 Å². The summed E-state index contributed by atoms with van der Waals surface area (Å²) in [6.45, 7) is 2.88. The number of nitrogens with zero attached hydrogens (tertiary/aromatic N) is 4. The number of hydrogen-bond donors (Lipinski definition) is 1. The molecule has 3 aliphatic rings. The largest absolute Gasteiger partial charge is 0.373 e. The fraction of sp³-hybridized carbons (Fsp3) is 0.381. The van der Waals surface area contributed by atoms with Crippen LogP contribution < -0.4 is 5.32 Å². The van der Waals surface area contributed by atoms with Crippen molar-refractivity contribution in [2.45, 2.75) is 31.5 Å². The van der Waals surface area contributed by atoms with Gasteiger partial charge in [-0.3, -0.25) is 15.0 Å². The van der Waals surface area contributed by atoms with Gasteiger partial charge in [-0.15, -0.1) is 5.10 Å². The number of morpholine rings is 1. The van der Waals surface area contributed by atoms with Crippen LogP contribution in [0.2, 0.25) is 0 Å². The lowest BCUT2D eigenvalue weighted by Crippen LogP contribution is -2.69. The summed E-state index contributed by atoms with van der Waals surface area (Å²) in [5.41, 5.74) is 4.06. The maximum atomic E-state index is 12.0. The number of fused-ring (bicyclic) bond motifs is 2. The molecule has 1 aliphatic carbocycles. The van der Waals surface area contributed by atoms with Crippen LogP contribution >= 0.6 is 0 Å². The van der Waals surface area contributed by atoms with Gasteiger partial charge in [-0.2, -0.15) is 4.98 Å². The van der Waals surface area contributed by atoms with Crippen LogP contribution in [0.3, 0.4) is 0 Å². The Bertz CT molecular complexity index is 1060. The Kier molecular flexibility index (Phi) is 3.54. The lowest BCUT2D eigenvalue weighted by Gasteiger charge is -2.55. The number of likely N-dealkylation sites (tertiary alicyclic amines) is 1. The third-order valence-electron chi connectivity index (χ3n) is 5.97. The smallest absolute Gasteiger partial charge is 0.249 e. The summed E-state index contributed by atoms with van der Waals surface area (Å²) in [7, 11) is 0. The Balaban J connectivity index is 1.24. The van der Waals surface area contributed by atoms with E-state index in [-0.39, 0.29) is 11.8 Å². The van der Waals surface area contributed by atoms with Gasteiger partial charge in [-0.05, 0) is 30.5 Å². The molecule has 7 heteroatoms. The molecule has 6 rings (SSSR count). The van der Waals surface area contributed by atoms with Crippen molar-refractivity contribution in [3.8, 4) is 11.3 Å². The predicted molar refractivity (Wildman–Crippen MR) is 104 cm³/mol. The van der Waals surface area contributed by atoms with E-state index in [0.717, 1.165) is 49.4 Å². The molecule has 7 nitrogen and oxygen atoms in total. The molecule has 28 heavy (non-hydrogen) atoms. The molecule has 1 amide bonds. The summed E-state index contributed by atoms with van der Waals surface area (Å²) in [5, 5.41) is 7.34. The summed E-state index contributed by atoms with van der Waals surface area (Å²) in [6.07, 6.45) is 2.39. The Morgan fingerprint density at radius 2 is 2.04 bits per heavy atom. The topological polar surface area (TPSA) is 71.8 Å². The van der Waals surface area contributed by atoms with E-state index in [4.69, 9.17) is 4.74 Å². The van der Waals surface area contributed by atoms with Gasteiger partial charge in [-0.25, -0.2) is 4.52 Å². The Labute approximate surface area is 162 Å². The van der Waals surface area contributed by atoms with E-state index in [2.05, 4.69) is 44.6 Å². The number of rotatable bonds is 5. The van der Waals surface area contributed by atoms with Crippen molar-refractivity contribution in [2.75, 3.05) is 18.5 Å². The van der Waals surface area contributed by atoms with Crippen molar-refractivity contribution in [2.24, 2.45) is 5.92 Å². The van der Waals surface area contributed by atoms with Crippen molar-refractivity contribution in [3.05, 3.63) is 48.0 Å². The van der Waals surface area contributed by atoms with E-state index in [1.807, 2.05) is 18.2 Å². The zero-order valence-corrected chi connectivity index (χ0v) is 15.4. The van der Waals surface area contributed by atoms with Gasteiger partial charge in [0, 0.05) is 24.6 Å². The van der Waals surface area contributed by atoms with E-state index in [9.17, 15) is 4.79 Å². The molecule has 1 aromatic carbocycles. The molecule has 0 spiro atoms. The maximum absolute atomic E-state index is 12.0. The molecular formula is C21H21N5O2. The van der Waals surface area contributed by atoms with E-state index in [1.165, 1.54) is 5.56 Å². The first kappa shape index (κ1) is 16.2. The number of anilines is 1. The summed E-state index contributed by atoms with van der Waals surface area (Å²) in [5.74, 6) is 0.523. The van der Waals surface area contributed by atoms with Crippen molar-refractivity contribution < 1.29 is 9.53 Å². The van der Waals surface area contributed by atoms with Gasteiger partial charge in [0.1, 0.15) is 0 Å². The lowest BCUT2D eigenvalue weighted by molar-refractivity contribution is -0.217. The van der Waals surface area contributed by atoms with Crippen molar-refractivity contribution >= 4 is 17.5 Å². The second kappa shape index (κ2) is 6.12. The highest BCUT2D eigenvalue weighted by Gasteiger charge is 2.46. The van der Waals surface area contributed by atoms with Gasteiger partial charge in [0.05, 0.1) is 24.4 Å².